The highest BCUT2D eigenvalue weighted by molar-refractivity contribution is 5.89. The van der Waals surface area contributed by atoms with Crippen LogP contribution in [0.1, 0.15) is 17.2 Å². The number of nitrogens with one attached hydrogen (secondary N) is 1. The lowest BCUT2D eigenvalue weighted by Crippen LogP contribution is -2.46. The molecule has 1 aromatic heterocycles. The van der Waals surface area contributed by atoms with E-state index in [0.29, 0.717) is 24.1 Å². The Bertz CT molecular complexity index is 1310. The summed E-state index contributed by atoms with van der Waals surface area (Å²) >= 11 is 0. The molecule has 186 valence electrons. The van der Waals surface area contributed by atoms with Crippen molar-refractivity contribution >= 4 is 22.8 Å². The topological polar surface area (TPSA) is 89.4 Å². The smallest absolute Gasteiger partial charge is 0.247 e. The predicted molar refractivity (Wildman–Crippen MR) is 133 cm³/mol. The molecule has 0 spiro atoms. The molecule has 1 heterocycles. The van der Waals surface area contributed by atoms with Crippen molar-refractivity contribution < 1.29 is 18.7 Å². The number of carbonyl (C=O) groups excluding carboxylic acids is 2. The monoisotopic (exact) mass is 489 g/mol. The zero-order valence-corrected chi connectivity index (χ0v) is 20.0. The molecule has 0 saturated carbocycles. The van der Waals surface area contributed by atoms with E-state index in [-0.39, 0.29) is 31.1 Å². The van der Waals surface area contributed by atoms with Crippen LogP contribution >= 0.6 is 0 Å². The largest absolute Gasteiger partial charge is 0.383 e. The van der Waals surface area contributed by atoms with Crippen LogP contribution in [0.3, 0.4) is 0 Å². The second-order valence-corrected chi connectivity index (χ2v) is 8.27. The number of fused-ring (bicyclic) bond motifs is 1. The number of carbonyl (C=O) groups is 2. The van der Waals surface area contributed by atoms with Crippen LogP contribution in [-0.4, -0.2) is 58.5 Å². The minimum atomic E-state index is -1.17. The molecule has 2 amide bonds. The summed E-state index contributed by atoms with van der Waals surface area (Å²) in [5.74, 6) is -1.42. The summed E-state index contributed by atoms with van der Waals surface area (Å²) in [7, 11) is 1.53. The van der Waals surface area contributed by atoms with Crippen LogP contribution in [0.15, 0.2) is 78.9 Å². The summed E-state index contributed by atoms with van der Waals surface area (Å²) in [6, 6.07) is 21.8. The van der Waals surface area contributed by atoms with E-state index in [2.05, 4.69) is 15.6 Å². The number of aromatic nitrogens is 3. The Hall–Kier alpha value is -4.11. The molecule has 4 aromatic rings. The van der Waals surface area contributed by atoms with E-state index in [0.717, 1.165) is 5.56 Å². The summed E-state index contributed by atoms with van der Waals surface area (Å²) in [5, 5.41) is 11.0. The molecule has 1 atom stereocenters. The molecule has 0 saturated heterocycles. The second-order valence-electron chi connectivity index (χ2n) is 8.27. The van der Waals surface area contributed by atoms with Gasteiger partial charge in [-0.1, -0.05) is 65.9 Å². The van der Waals surface area contributed by atoms with Gasteiger partial charge < -0.3 is 15.0 Å². The molecule has 8 nitrogen and oxygen atoms in total. The third-order valence-corrected chi connectivity index (χ3v) is 5.88. The van der Waals surface area contributed by atoms with Crippen LogP contribution in [0.4, 0.5) is 4.39 Å². The van der Waals surface area contributed by atoms with Gasteiger partial charge in [-0.3, -0.25) is 9.59 Å². The molecule has 36 heavy (non-hydrogen) atoms. The van der Waals surface area contributed by atoms with Gasteiger partial charge in [-0.2, -0.15) is 0 Å². The molecular formula is C27H28FN5O3. The maximum Gasteiger partial charge on any atom is 0.247 e. The Balaban J connectivity index is 1.69. The summed E-state index contributed by atoms with van der Waals surface area (Å²) in [6.45, 7) is 0.575. The van der Waals surface area contributed by atoms with Crippen molar-refractivity contribution in [2.45, 2.75) is 19.0 Å². The SMILES string of the molecule is COCCNC(=O)C(c1ccccc1F)N(CCc1ccccc1)C(=O)Cn1nnc2ccccc21. The number of hydrogen-bond donors (Lipinski definition) is 1. The summed E-state index contributed by atoms with van der Waals surface area (Å²) in [5.41, 5.74) is 2.47. The van der Waals surface area contributed by atoms with Gasteiger partial charge in [0, 0.05) is 25.8 Å². The number of halogens is 1. The van der Waals surface area contributed by atoms with Crippen LogP contribution in [0.5, 0.6) is 0 Å². The average molecular weight is 490 g/mol. The Morgan fingerprint density at radius 3 is 2.53 bits per heavy atom. The van der Waals surface area contributed by atoms with Crippen LogP contribution in [0.2, 0.25) is 0 Å². The van der Waals surface area contributed by atoms with E-state index in [1.54, 1.807) is 12.1 Å². The molecule has 1 unspecified atom stereocenters. The Labute approximate surface area is 208 Å². The fraction of sp³-hybridized carbons (Fsp3) is 0.259. The first-order chi connectivity index (χ1) is 17.6. The van der Waals surface area contributed by atoms with Crippen molar-refractivity contribution in [2.75, 3.05) is 26.8 Å². The molecule has 3 aromatic carbocycles. The Kier molecular flexibility index (Phi) is 8.36. The number of para-hydroxylation sites is 1. The van der Waals surface area contributed by atoms with Gasteiger partial charge in [0.05, 0.1) is 12.1 Å². The molecule has 1 N–H and O–H groups in total. The van der Waals surface area contributed by atoms with Gasteiger partial charge in [0.15, 0.2) is 0 Å². The van der Waals surface area contributed by atoms with Gasteiger partial charge in [0.2, 0.25) is 11.8 Å². The first kappa shape index (κ1) is 25.0. The summed E-state index contributed by atoms with van der Waals surface area (Å²) in [4.78, 5) is 28.5. The number of ether oxygens (including phenoxy) is 1. The number of hydrogen-bond acceptors (Lipinski definition) is 5. The minimum Gasteiger partial charge on any atom is -0.383 e. The number of amides is 2. The lowest BCUT2D eigenvalue weighted by Gasteiger charge is -2.32. The zero-order chi connectivity index (χ0) is 25.3. The highest BCUT2D eigenvalue weighted by Crippen LogP contribution is 2.25. The van der Waals surface area contributed by atoms with Crippen molar-refractivity contribution in [3.8, 4) is 0 Å². The molecule has 9 heteroatoms. The average Bonchev–Trinajstić information content (AvgIpc) is 3.30. The third-order valence-electron chi connectivity index (χ3n) is 5.88. The van der Waals surface area contributed by atoms with E-state index >= 15 is 0 Å². The molecular weight excluding hydrogens is 461 g/mol. The molecule has 0 bridgehead atoms. The highest BCUT2D eigenvalue weighted by Gasteiger charge is 2.33. The zero-order valence-electron chi connectivity index (χ0n) is 20.0. The van der Waals surface area contributed by atoms with Gasteiger partial charge in [-0.25, -0.2) is 9.07 Å². The summed E-state index contributed by atoms with van der Waals surface area (Å²) in [6.07, 6.45) is 0.487. The van der Waals surface area contributed by atoms with E-state index in [1.165, 1.54) is 28.8 Å². The normalized spacial score (nSPS) is 11.8. The van der Waals surface area contributed by atoms with Crippen molar-refractivity contribution in [3.63, 3.8) is 0 Å². The fourth-order valence-corrected chi connectivity index (χ4v) is 4.07. The third kappa shape index (κ3) is 5.92. The quantitative estimate of drug-likeness (QED) is 0.327. The second kappa shape index (κ2) is 12.0. The first-order valence-corrected chi connectivity index (χ1v) is 11.7. The number of methoxy groups -OCH3 is 1. The van der Waals surface area contributed by atoms with E-state index < -0.39 is 17.8 Å². The van der Waals surface area contributed by atoms with Crippen molar-refractivity contribution in [1.29, 1.82) is 0 Å². The van der Waals surface area contributed by atoms with Gasteiger partial charge in [-0.15, -0.1) is 5.10 Å². The number of benzene rings is 3. The van der Waals surface area contributed by atoms with Crippen LogP contribution in [-0.2, 0) is 27.3 Å². The predicted octanol–water partition coefficient (Wildman–Crippen LogP) is 3.15. The van der Waals surface area contributed by atoms with E-state index in [9.17, 15) is 14.0 Å². The highest BCUT2D eigenvalue weighted by atomic mass is 19.1. The Morgan fingerprint density at radius 2 is 1.75 bits per heavy atom. The molecule has 4 rings (SSSR count). The minimum absolute atomic E-state index is 0.122. The maximum absolute atomic E-state index is 15.0. The molecule has 0 aliphatic carbocycles. The van der Waals surface area contributed by atoms with Gasteiger partial charge >= 0.3 is 0 Å². The Morgan fingerprint density at radius 1 is 1.03 bits per heavy atom. The summed E-state index contributed by atoms with van der Waals surface area (Å²) < 4.78 is 21.5. The lowest BCUT2D eigenvalue weighted by molar-refractivity contribution is -0.141. The van der Waals surface area contributed by atoms with Crippen molar-refractivity contribution in [1.82, 2.24) is 25.2 Å². The standard InChI is InChI=1S/C27H28FN5O3/c1-36-18-16-29-27(35)26(21-11-5-6-12-22(21)28)32(17-15-20-9-3-2-4-10-20)25(34)19-33-24-14-8-7-13-23(24)30-31-33/h2-14,26H,15-19H2,1H3,(H,29,35). The van der Waals surface area contributed by atoms with Crippen LogP contribution in [0.25, 0.3) is 11.0 Å². The number of nitrogens with zero attached hydrogens (tertiary/aromatic N) is 4. The maximum atomic E-state index is 15.0. The molecule has 0 aliphatic rings. The van der Waals surface area contributed by atoms with Gasteiger partial charge in [0.1, 0.15) is 23.9 Å². The molecule has 0 fully saturated rings. The first-order valence-electron chi connectivity index (χ1n) is 11.7. The van der Waals surface area contributed by atoms with Crippen LogP contribution < -0.4 is 5.32 Å². The number of rotatable bonds is 11. The fourth-order valence-electron chi connectivity index (χ4n) is 4.07. The van der Waals surface area contributed by atoms with Crippen molar-refractivity contribution in [2.24, 2.45) is 0 Å². The van der Waals surface area contributed by atoms with Crippen LogP contribution in [0, 0.1) is 5.82 Å². The molecule has 0 aliphatic heterocycles. The lowest BCUT2D eigenvalue weighted by atomic mass is 10.0. The van der Waals surface area contributed by atoms with Gasteiger partial charge in [-0.05, 0) is 30.2 Å². The van der Waals surface area contributed by atoms with E-state index in [1.807, 2.05) is 54.6 Å². The van der Waals surface area contributed by atoms with E-state index in [4.69, 9.17) is 4.74 Å². The van der Waals surface area contributed by atoms with Gasteiger partial charge in [0.25, 0.3) is 0 Å². The van der Waals surface area contributed by atoms with Crippen molar-refractivity contribution in [3.05, 3.63) is 95.8 Å². The molecule has 0 radical (unpaired) electrons.